The molecule has 0 saturated carbocycles. The van der Waals surface area contributed by atoms with Crippen LogP contribution in [0.5, 0.6) is 0 Å². The summed E-state index contributed by atoms with van der Waals surface area (Å²) in [5.41, 5.74) is 1.16. The Morgan fingerprint density at radius 2 is 2.05 bits per heavy atom. The second-order valence-corrected chi connectivity index (χ2v) is 5.74. The number of nitrogens with one attached hydrogen (secondary N) is 2. The molecule has 6 heteroatoms. The van der Waals surface area contributed by atoms with Crippen molar-refractivity contribution in [3.8, 4) is 0 Å². The molecule has 1 aromatic heterocycles. The maximum absolute atomic E-state index is 11.5. The molecule has 0 spiro atoms. The van der Waals surface area contributed by atoms with Gasteiger partial charge in [0.1, 0.15) is 5.69 Å². The van der Waals surface area contributed by atoms with Crippen molar-refractivity contribution in [2.75, 3.05) is 18.9 Å². The standard InChI is InChI=1S/C15H23N3O3/c1-15(2,6-4-13(19)20)7-9-17-11-5-8-18-12(10-11)14(21)16-3/h5,8,10H,4,6-7,9H2,1-3H3,(H,16,21)(H,17,18)(H,19,20). The van der Waals surface area contributed by atoms with E-state index in [9.17, 15) is 9.59 Å². The number of carboxylic acid groups (broad SMARTS) is 1. The van der Waals surface area contributed by atoms with E-state index in [1.807, 2.05) is 0 Å². The molecule has 1 aromatic rings. The SMILES string of the molecule is CNC(=O)c1cc(NCCC(C)(C)CCC(=O)O)ccn1. The molecule has 6 nitrogen and oxygen atoms in total. The van der Waals surface area contributed by atoms with Crippen molar-refractivity contribution in [3.05, 3.63) is 24.0 Å². The largest absolute Gasteiger partial charge is 0.481 e. The molecule has 0 atom stereocenters. The number of aromatic nitrogens is 1. The van der Waals surface area contributed by atoms with Crippen LogP contribution in [0.2, 0.25) is 0 Å². The third-order valence-electron chi connectivity index (χ3n) is 3.37. The molecular formula is C15H23N3O3. The Morgan fingerprint density at radius 3 is 2.67 bits per heavy atom. The van der Waals surface area contributed by atoms with Gasteiger partial charge in [-0.15, -0.1) is 0 Å². The van der Waals surface area contributed by atoms with Crippen LogP contribution in [0.4, 0.5) is 5.69 Å². The lowest BCUT2D eigenvalue weighted by molar-refractivity contribution is -0.137. The Hall–Kier alpha value is -2.11. The molecule has 0 aliphatic carbocycles. The van der Waals surface area contributed by atoms with Gasteiger partial charge in [-0.3, -0.25) is 14.6 Å². The number of anilines is 1. The number of amides is 1. The van der Waals surface area contributed by atoms with E-state index in [-0.39, 0.29) is 17.7 Å². The smallest absolute Gasteiger partial charge is 0.303 e. The third-order valence-corrected chi connectivity index (χ3v) is 3.37. The molecule has 116 valence electrons. The van der Waals surface area contributed by atoms with Crippen LogP contribution in [0.25, 0.3) is 0 Å². The first kappa shape index (κ1) is 16.9. The predicted molar refractivity (Wildman–Crippen MR) is 81.4 cm³/mol. The van der Waals surface area contributed by atoms with E-state index in [1.165, 1.54) is 0 Å². The fraction of sp³-hybridized carbons (Fsp3) is 0.533. The zero-order chi connectivity index (χ0) is 15.9. The second-order valence-electron chi connectivity index (χ2n) is 5.74. The number of nitrogens with zero attached hydrogens (tertiary/aromatic N) is 1. The molecule has 0 radical (unpaired) electrons. The van der Waals surface area contributed by atoms with Crippen molar-refractivity contribution in [1.82, 2.24) is 10.3 Å². The van der Waals surface area contributed by atoms with Gasteiger partial charge in [-0.2, -0.15) is 0 Å². The minimum atomic E-state index is -0.764. The van der Waals surface area contributed by atoms with Gasteiger partial charge in [0.15, 0.2) is 0 Å². The lowest BCUT2D eigenvalue weighted by atomic mass is 9.84. The number of rotatable bonds is 8. The summed E-state index contributed by atoms with van der Waals surface area (Å²) >= 11 is 0. The van der Waals surface area contributed by atoms with Crippen molar-refractivity contribution in [1.29, 1.82) is 0 Å². The van der Waals surface area contributed by atoms with E-state index in [2.05, 4.69) is 29.5 Å². The molecule has 0 aliphatic heterocycles. The summed E-state index contributed by atoms with van der Waals surface area (Å²) in [7, 11) is 1.56. The van der Waals surface area contributed by atoms with Crippen LogP contribution in [0.1, 0.15) is 43.6 Å². The fourth-order valence-corrected chi connectivity index (χ4v) is 1.91. The van der Waals surface area contributed by atoms with E-state index in [0.29, 0.717) is 18.7 Å². The molecule has 0 saturated heterocycles. The number of carbonyl (C=O) groups excluding carboxylic acids is 1. The highest BCUT2D eigenvalue weighted by molar-refractivity contribution is 5.92. The predicted octanol–water partition coefficient (Wildman–Crippen LogP) is 2.13. The molecule has 0 unspecified atom stereocenters. The van der Waals surface area contributed by atoms with Crippen molar-refractivity contribution in [2.24, 2.45) is 5.41 Å². The third kappa shape index (κ3) is 6.25. The maximum Gasteiger partial charge on any atom is 0.303 e. The lowest BCUT2D eigenvalue weighted by Gasteiger charge is -2.24. The molecule has 1 rings (SSSR count). The topological polar surface area (TPSA) is 91.3 Å². The summed E-state index contributed by atoms with van der Waals surface area (Å²) in [5, 5.41) is 14.5. The Balaban J connectivity index is 2.48. The van der Waals surface area contributed by atoms with Crippen molar-refractivity contribution < 1.29 is 14.7 Å². The minimum absolute atomic E-state index is 0.0396. The summed E-state index contributed by atoms with van der Waals surface area (Å²) in [6.07, 6.45) is 3.26. The zero-order valence-electron chi connectivity index (χ0n) is 12.8. The number of pyridine rings is 1. The summed E-state index contributed by atoms with van der Waals surface area (Å²) in [6.45, 7) is 4.82. The highest BCUT2D eigenvalue weighted by Gasteiger charge is 2.18. The normalized spacial score (nSPS) is 11.0. The van der Waals surface area contributed by atoms with Crippen molar-refractivity contribution in [2.45, 2.75) is 33.1 Å². The monoisotopic (exact) mass is 293 g/mol. The Bertz CT molecular complexity index is 501. The van der Waals surface area contributed by atoms with E-state index in [0.717, 1.165) is 12.1 Å². The number of carboxylic acids is 1. The number of carbonyl (C=O) groups is 2. The van der Waals surface area contributed by atoms with Crippen LogP contribution >= 0.6 is 0 Å². The molecule has 3 N–H and O–H groups in total. The zero-order valence-corrected chi connectivity index (χ0v) is 12.8. The van der Waals surface area contributed by atoms with Crippen LogP contribution in [-0.4, -0.2) is 35.6 Å². The quantitative estimate of drug-likeness (QED) is 0.683. The van der Waals surface area contributed by atoms with E-state index in [4.69, 9.17) is 5.11 Å². The molecule has 0 fully saturated rings. The Kier molecular flexibility index (Phi) is 6.14. The Labute approximate surface area is 125 Å². The number of hydrogen-bond donors (Lipinski definition) is 3. The van der Waals surface area contributed by atoms with Gasteiger partial charge in [-0.05, 0) is 30.4 Å². The minimum Gasteiger partial charge on any atom is -0.481 e. The lowest BCUT2D eigenvalue weighted by Crippen LogP contribution is -2.20. The molecule has 0 aromatic carbocycles. The number of aliphatic carboxylic acids is 1. The van der Waals surface area contributed by atoms with Gasteiger partial charge >= 0.3 is 5.97 Å². The molecule has 1 amide bonds. The number of hydrogen-bond acceptors (Lipinski definition) is 4. The first-order valence-corrected chi connectivity index (χ1v) is 6.98. The highest BCUT2D eigenvalue weighted by Crippen LogP contribution is 2.26. The van der Waals surface area contributed by atoms with Crippen LogP contribution in [-0.2, 0) is 4.79 Å². The van der Waals surface area contributed by atoms with Crippen LogP contribution in [0, 0.1) is 5.41 Å². The van der Waals surface area contributed by atoms with Crippen LogP contribution < -0.4 is 10.6 Å². The van der Waals surface area contributed by atoms with Crippen LogP contribution in [0.15, 0.2) is 18.3 Å². The van der Waals surface area contributed by atoms with E-state index >= 15 is 0 Å². The summed E-state index contributed by atoms with van der Waals surface area (Å²) in [6, 6.07) is 3.50. The van der Waals surface area contributed by atoms with E-state index in [1.54, 1.807) is 25.4 Å². The van der Waals surface area contributed by atoms with Crippen molar-refractivity contribution in [3.63, 3.8) is 0 Å². The molecule has 21 heavy (non-hydrogen) atoms. The second kappa shape index (κ2) is 7.61. The molecular weight excluding hydrogens is 270 g/mol. The van der Waals surface area contributed by atoms with Gasteiger partial charge in [0, 0.05) is 31.9 Å². The fourth-order valence-electron chi connectivity index (χ4n) is 1.91. The summed E-state index contributed by atoms with van der Waals surface area (Å²) < 4.78 is 0. The van der Waals surface area contributed by atoms with Gasteiger partial charge in [-0.25, -0.2) is 0 Å². The Morgan fingerprint density at radius 1 is 1.33 bits per heavy atom. The van der Waals surface area contributed by atoms with Gasteiger partial charge in [-0.1, -0.05) is 13.8 Å². The molecule has 0 bridgehead atoms. The molecule has 1 heterocycles. The van der Waals surface area contributed by atoms with Crippen LogP contribution in [0.3, 0.4) is 0 Å². The molecule has 0 aliphatic rings. The van der Waals surface area contributed by atoms with Gasteiger partial charge in [0.2, 0.25) is 0 Å². The average Bonchev–Trinajstić information content (AvgIpc) is 2.44. The van der Waals surface area contributed by atoms with Gasteiger partial charge < -0.3 is 15.7 Å². The maximum atomic E-state index is 11.5. The summed E-state index contributed by atoms with van der Waals surface area (Å²) in [5.74, 6) is -0.985. The highest BCUT2D eigenvalue weighted by atomic mass is 16.4. The first-order valence-electron chi connectivity index (χ1n) is 6.98. The average molecular weight is 293 g/mol. The van der Waals surface area contributed by atoms with Gasteiger partial charge in [0.25, 0.3) is 5.91 Å². The van der Waals surface area contributed by atoms with Crippen molar-refractivity contribution >= 4 is 17.6 Å². The first-order chi connectivity index (χ1) is 9.84. The van der Waals surface area contributed by atoms with E-state index < -0.39 is 5.97 Å². The summed E-state index contributed by atoms with van der Waals surface area (Å²) in [4.78, 5) is 26.1. The van der Waals surface area contributed by atoms with Gasteiger partial charge in [0.05, 0.1) is 0 Å².